The molecule has 2 N–H and O–H groups in total. The van der Waals surface area contributed by atoms with E-state index in [1.54, 1.807) is 0 Å². The van der Waals surface area contributed by atoms with Gasteiger partial charge in [-0.2, -0.15) is 0 Å². The topological polar surface area (TPSA) is 82.6 Å². The molecule has 48 heavy (non-hydrogen) atoms. The molecule has 0 saturated heterocycles. The van der Waals surface area contributed by atoms with Crippen molar-refractivity contribution in [1.82, 2.24) is 14.9 Å². The van der Waals surface area contributed by atoms with Gasteiger partial charge in [0.25, 0.3) is 0 Å². The third kappa shape index (κ3) is 11.0. The van der Waals surface area contributed by atoms with Gasteiger partial charge >= 0.3 is 0 Å². The van der Waals surface area contributed by atoms with E-state index in [4.69, 9.17) is 9.72 Å². The Morgan fingerprint density at radius 1 is 1.06 bits per heavy atom. The first-order valence-corrected chi connectivity index (χ1v) is 16.9. The number of aromatic nitrogens is 2. The molecule has 1 aromatic heterocycles. The molecule has 0 aliphatic rings. The van der Waals surface area contributed by atoms with Gasteiger partial charge in [-0.1, -0.05) is 71.9 Å². The maximum absolute atomic E-state index is 15.9. The lowest BCUT2D eigenvalue weighted by molar-refractivity contribution is -0.111. The van der Waals surface area contributed by atoms with Crippen molar-refractivity contribution in [3.63, 3.8) is 0 Å². The number of carbonyl (C=O) groups is 1. The fourth-order valence-corrected chi connectivity index (χ4v) is 5.33. The number of likely N-dealkylation sites (N-methyl/N-ethyl adjacent to an activating group) is 2. The second-order valence-corrected chi connectivity index (χ2v) is 13.8. The van der Waals surface area contributed by atoms with Gasteiger partial charge in [0.15, 0.2) is 5.82 Å². The molecule has 0 atom stereocenters. The Balaban J connectivity index is 2.14. The van der Waals surface area contributed by atoms with E-state index in [1.807, 2.05) is 52.3 Å². The van der Waals surface area contributed by atoms with E-state index in [1.165, 1.54) is 12.3 Å². The molecule has 3 aromatic rings. The second-order valence-electron chi connectivity index (χ2n) is 13.8. The Kier molecular flexibility index (Phi) is 14.3. The molecule has 0 unspecified atom stereocenters. The summed E-state index contributed by atoms with van der Waals surface area (Å²) < 4.78 is 22.0. The molecule has 0 aliphatic heterocycles. The highest BCUT2D eigenvalue weighted by Crippen LogP contribution is 2.35. The minimum atomic E-state index is -0.511. The number of hydrogen-bond donors (Lipinski definition) is 2. The Bertz CT molecular complexity index is 1580. The highest BCUT2D eigenvalue weighted by atomic mass is 19.1. The quantitative estimate of drug-likeness (QED) is 0.141. The average Bonchev–Trinajstić information content (AvgIpc) is 3.04. The highest BCUT2D eigenvalue weighted by molar-refractivity contribution is 6.02. The van der Waals surface area contributed by atoms with Crippen LogP contribution in [0, 0.1) is 11.2 Å². The molecule has 1 heterocycles. The first-order valence-electron chi connectivity index (χ1n) is 16.9. The van der Waals surface area contributed by atoms with E-state index in [0.29, 0.717) is 30.9 Å². The zero-order valence-corrected chi connectivity index (χ0v) is 30.5. The molecule has 0 fully saturated rings. The van der Waals surface area contributed by atoms with Crippen LogP contribution in [0.25, 0.3) is 5.57 Å². The van der Waals surface area contributed by atoms with Crippen LogP contribution in [-0.4, -0.2) is 68.2 Å². The number of anilines is 4. The Hall–Kier alpha value is -4.08. The summed E-state index contributed by atoms with van der Waals surface area (Å²) in [6.45, 7) is 18.7. The van der Waals surface area contributed by atoms with Gasteiger partial charge in [-0.15, -0.1) is 0 Å². The lowest BCUT2D eigenvalue weighted by atomic mass is 9.91. The van der Waals surface area contributed by atoms with E-state index in [-0.39, 0.29) is 23.0 Å². The van der Waals surface area contributed by atoms with E-state index < -0.39 is 5.82 Å². The summed E-state index contributed by atoms with van der Waals surface area (Å²) in [5.74, 6) is -0.570. The van der Waals surface area contributed by atoms with Crippen molar-refractivity contribution >= 4 is 34.5 Å². The molecule has 1 amide bonds. The molecular weight excluding hydrogens is 603 g/mol. The molecular formula is C39H55FN6O2. The number of benzene rings is 2. The fourth-order valence-electron chi connectivity index (χ4n) is 5.33. The fraction of sp³-hybridized carbons (Fsp3) is 0.462. The second kappa shape index (κ2) is 17.9. The van der Waals surface area contributed by atoms with Gasteiger partial charge in [-0.05, 0) is 86.2 Å². The summed E-state index contributed by atoms with van der Waals surface area (Å²) in [5, 5.41) is 6.31. The van der Waals surface area contributed by atoms with Crippen molar-refractivity contribution in [3.05, 3.63) is 89.0 Å². The minimum Gasteiger partial charge on any atom is -0.377 e. The molecule has 3 rings (SSSR count). The van der Waals surface area contributed by atoms with Crippen LogP contribution in [0.4, 0.5) is 27.4 Å². The normalized spacial score (nSPS) is 12.1. The number of carbonyl (C=O) groups excluding carboxylic acids is 1. The summed E-state index contributed by atoms with van der Waals surface area (Å²) in [6.07, 6.45) is 6.13. The van der Waals surface area contributed by atoms with Gasteiger partial charge < -0.3 is 25.2 Å². The predicted octanol–water partition coefficient (Wildman–Crippen LogP) is 8.27. The lowest BCUT2D eigenvalue weighted by Crippen LogP contribution is -2.29. The third-order valence-electron chi connectivity index (χ3n) is 7.93. The Labute approximate surface area is 287 Å². The van der Waals surface area contributed by atoms with Gasteiger partial charge in [0.2, 0.25) is 11.9 Å². The number of halogens is 1. The average molecular weight is 659 g/mol. The molecule has 0 spiro atoms. The maximum atomic E-state index is 15.9. The van der Waals surface area contributed by atoms with Gasteiger partial charge in [-0.3, -0.25) is 4.79 Å². The van der Waals surface area contributed by atoms with E-state index in [0.717, 1.165) is 66.0 Å². The Morgan fingerprint density at radius 3 is 2.44 bits per heavy atom. The third-order valence-corrected chi connectivity index (χ3v) is 7.93. The van der Waals surface area contributed by atoms with Crippen LogP contribution < -0.4 is 15.5 Å². The van der Waals surface area contributed by atoms with Crippen molar-refractivity contribution in [2.24, 2.45) is 5.41 Å². The molecule has 2 aromatic carbocycles. The van der Waals surface area contributed by atoms with Crippen LogP contribution in [0.5, 0.6) is 0 Å². The van der Waals surface area contributed by atoms with Gasteiger partial charge in [-0.25, -0.2) is 14.4 Å². The zero-order valence-electron chi connectivity index (χ0n) is 30.5. The zero-order chi connectivity index (χ0) is 35.4. The number of ether oxygens (including phenoxy) is 1. The summed E-state index contributed by atoms with van der Waals surface area (Å²) in [5.41, 5.74) is 7.13. The SMILES string of the molecule is C=CC(=O)Nc1cc(Nc2ncc(F)c(/C(=C(/C)COCC(C)(C)C)c3ccccc3CCCC)n2)c(CC)cc1N(C)CCN(C)C. The van der Waals surface area contributed by atoms with Crippen LogP contribution >= 0.6 is 0 Å². The monoisotopic (exact) mass is 658 g/mol. The maximum Gasteiger partial charge on any atom is 0.247 e. The number of rotatable bonds is 17. The van der Waals surface area contributed by atoms with E-state index >= 15 is 4.39 Å². The predicted molar refractivity (Wildman–Crippen MR) is 199 cm³/mol. The van der Waals surface area contributed by atoms with Crippen LogP contribution in [0.2, 0.25) is 0 Å². The van der Waals surface area contributed by atoms with Crippen molar-refractivity contribution in [2.75, 3.05) is 63.0 Å². The van der Waals surface area contributed by atoms with E-state index in [2.05, 4.69) is 78.7 Å². The van der Waals surface area contributed by atoms with Gasteiger partial charge in [0.05, 0.1) is 30.8 Å². The lowest BCUT2D eigenvalue weighted by Gasteiger charge is -2.26. The van der Waals surface area contributed by atoms with Crippen molar-refractivity contribution in [2.45, 2.75) is 67.2 Å². The molecule has 0 saturated carbocycles. The largest absolute Gasteiger partial charge is 0.377 e. The molecule has 9 heteroatoms. The summed E-state index contributed by atoms with van der Waals surface area (Å²) in [4.78, 5) is 25.9. The Morgan fingerprint density at radius 2 is 1.79 bits per heavy atom. The summed E-state index contributed by atoms with van der Waals surface area (Å²) >= 11 is 0. The number of unbranched alkanes of at least 4 members (excludes halogenated alkanes) is 1. The van der Waals surface area contributed by atoms with Crippen LogP contribution in [-0.2, 0) is 22.4 Å². The highest BCUT2D eigenvalue weighted by Gasteiger charge is 2.21. The van der Waals surface area contributed by atoms with Crippen molar-refractivity contribution in [3.8, 4) is 0 Å². The molecule has 0 aliphatic carbocycles. The molecule has 0 bridgehead atoms. The van der Waals surface area contributed by atoms with Gasteiger partial charge in [0.1, 0.15) is 5.69 Å². The number of nitrogens with zero attached hydrogens (tertiary/aromatic N) is 4. The molecule has 8 nitrogen and oxygen atoms in total. The number of nitrogens with one attached hydrogen (secondary N) is 2. The number of aryl methyl sites for hydroxylation is 2. The van der Waals surface area contributed by atoms with Crippen LogP contribution in [0.1, 0.15) is 76.8 Å². The van der Waals surface area contributed by atoms with E-state index in [9.17, 15) is 4.79 Å². The van der Waals surface area contributed by atoms with Crippen molar-refractivity contribution < 1.29 is 13.9 Å². The standard InChI is InChI=1S/C39H55FN6O2/c1-11-14-17-29-18-15-16-19-30(29)36(27(4)25-48-26-39(5,6)7)37-31(40)24-41-38(44-37)43-32-23-33(42-35(47)13-3)34(22-28(32)12-2)46(10)21-20-45(8)9/h13,15-16,18-19,22-24H,3,11-12,14,17,20-21,25-26H2,1-2,4-10H3,(H,42,47)(H,41,43,44)/b36-27-. The minimum absolute atomic E-state index is 0.00554. The molecule has 0 radical (unpaired) electrons. The summed E-state index contributed by atoms with van der Waals surface area (Å²) in [7, 11) is 6.06. The summed E-state index contributed by atoms with van der Waals surface area (Å²) in [6, 6.07) is 12.1. The number of hydrogen-bond acceptors (Lipinski definition) is 7. The smallest absolute Gasteiger partial charge is 0.247 e. The molecule has 260 valence electrons. The number of amides is 1. The first-order chi connectivity index (χ1) is 22.8. The first kappa shape index (κ1) is 38.4. The van der Waals surface area contributed by atoms with Crippen LogP contribution in [0.3, 0.4) is 0 Å². The van der Waals surface area contributed by atoms with Gasteiger partial charge in [0, 0.05) is 31.4 Å². The van der Waals surface area contributed by atoms with Crippen molar-refractivity contribution in [1.29, 1.82) is 0 Å². The van der Waals surface area contributed by atoms with Crippen LogP contribution in [0.15, 0.2) is 60.8 Å².